The van der Waals surface area contributed by atoms with Crippen molar-refractivity contribution in [1.29, 1.82) is 5.53 Å². The summed E-state index contributed by atoms with van der Waals surface area (Å²) in [6.45, 7) is 1.98. The van der Waals surface area contributed by atoms with Gasteiger partial charge in [0.05, 0.1) is 6.20 Å². The Kier molecular flexibility index (Phi) is 2.43. The lowest BCUT2D eigenvalue weighted by molar-refractivity contribution is 0.924. The van der Waals surface area contributed by atoms with Crippen molar-refractivity contribution < 1.29 is 0 Å². The van der Waals surface area contributed by atoms with Gasteiger partial charge in [-0.2, -0.15) is 5.11 Å². The summed E-state index contributed by atoms with van der Waals surface area (Å²) in [7, 11) is 0. The summed E-state index contributed by atoms with van der Waals surface area (Å²) >= 11 is 4.90. The maximum Gasteiger partial charge on any atom is 0.138 e. The lowest BCUT2D eigenvalue weighted by atomic mass is 10.4. The Balaban J connectivity index is 3.20. The number of H-pyrrole nitrogens is 1. The Morgan fingerprint density at radius 2 is 2.55 bits per heavy atom. The molecule has 1 heterocycles. The zero-order valence-electron chi connectivity index (χ0n) is 6.09. The first-order valence-corrected chi connectivity index (χ1v) is 3.64. The second-order valence-corrected chi connectivity index (χ2v) is 2.42. The molecule has 0 bridgehead atoms. The Hall–Kier alpha value is -1.10. The predicted molar refractivity (Wildman–Crippen MR) is 43.6 cm³/mol. The van der Waals surface area contributed by atoms with Gasteiger partial charge in [0.1, 0.15) is 16.2 Å². The van der Waals surface area contributed by atoms with Crippen LogP contribution in [-0.4, -0.2) is 9.97 Å². The van der Waals surface area contributed by atoms with E-state index in [1.807, 2.05) is 6.92 Å². The first-order valence-electron chi connectivity index (χ1n) is 3.23. The van der Waals surface area contributed by atoms with Crippen molar-refractivity contribution in [2.75, 3.05) is 0 Å². The molecule has 0 radical (unpaired) electrons. The SMILES string of the molecule is CCc1ncc(N=N)c(=S)[nH]1. The van der Waals surface area contributed by atoms with Crippen molar-refractivity contribution in [2.24, 2.45) is 5.11 Å². The van der Waals surface area contributed by atoms with Crippen LogP contribution in [0.1, 0.15) is 12.7 Å². The van der Waals surface area contributed by atoms with Crippen LogP contribution >= 0.6 is 12.2 Å². The molecule has 0 fully saturated rings. The quantitative estimate of drug-likeness (QED) is 0.526. The third-order valence-electron chi connectivity index (χ3n) is 1.29. The van der Waals surface area contributed by atoms with Gasteiger partial charge in [-0.25, -0.2) is 10.5 Å². The number of nitrogens with one attached hydrogen (secondary N) is 2. The van der Waals surface area contributed by atoms with Gasteiger partial charge >= 0.3 is 0 Å². The highest BCUT2D eigenvalue weighted by Gasteiger charge is 1.94. The minimum absolute atomic E-state index is 0.414. The summed E-state index contributed by atoms with van der Waals surface area (Å²) in [5.41, 5.74) is 7.12. The maximum atomic E-state index is 6.71. The fraction of sp³-hybridized carbons (Fsp3) is 0.333. The molecule has 0 aliphatic rings. The van der Waals surface area contributed by atoms with Crippen molar-refractivity contribution in [2.45, 2.75) is 13.3 Å². The molecule has 0 aliphatic heterocycles. The van der Waals surface area contributed by atoms with Gasteiger partial charge in [0.2, 0.25) is 0 Å². The van der Waals surface area contributed by atoms with Crippen LogP contribution in [0.3, 0.4) is 0 Å². The highest BCUT2D eigenvalue weighted by molar-refractivity contribution is 7.71. The highest BCUT2D eigenvalue weighted by Crippen LogP contribution is 2.09. The number of hydrogen-bond donors (Lipinski definition) is 2. The number of aromatic nitrogens is 2. The van der Waals surface area contributed by atoms with Crippen LogP contribution in [0.15, 0.2) is 11.3 Å². The summed E-state index contributed by atoms with van der Waals surface area (Å²) < 4.78 is 0.479. The fourth-order valence-corrected chi connectivity index (χ4v) is 0.901. The van der Waals surface area contributed by atoms with Crippen molar-refractivity contribution >= 4 is 17.9 Å². The van der Waals surface area contributed by atoms with E-state index < -0.39 is 0 Å². The van der Waals surface area contributed by atoms with Crippen LogP contribution in [0.2, 0.25) is 0 Å². The van der Waals surface area contributed by atoms with Gasteiger partial charge < -0.3 is 4.98 Å². The van der Waals surface area contributed by atoms with Crippen LogP contribution < -0.4 is 0 Å². The van der Waals surface area contributed by atoms with E-state index in [1.54, 1.807) is 0 Å². The molecule has 0 atom stereocenters. The van der Waals surface area contributed by atoms with E-state index in [4.69, 9.17) is 17.7 Å². The molecule has 1 aromatic rings. The smallest absolute Gasteiger partial charge is 0.138 e. The molecule has 5 heteroatoms. The van der Waals surface area contributed by atoms with Crippen LogP contribution in [0.4, 0.5) is 5.69 Å². The fourth-order valence-electron chi connectivity index (χ4n) is 0.684. The average Bonchev–Trinajstić information content (AvgIpc) is 2.04. The molecule has 58 valence electrons. The molecular formula is C6H8N4S. The molecule has 2 N–H and O–H groups in total. The zero-order chi connectivity index (χ0) is 8.27. The van der Waals surface area contributed by atoms with E-state index in [1.165, 1.54) is 6.20 Å². The third kappa shape index (κ3) is 1.68. The standard InChI is InChI=1S/C6H8N4S/c1-2-5-8-3-4(10-7)6(11)9-5/h3,7H,2H2,1H3,(H,8,9,11). The van der Waals surface area contributed by atoms with Crippen molar-refractivity contribution in [3.63, 3.8) is 0 Å². The molecule has 0 aliphatic carbocycles. The van der Waals surface area contributed by atoms with Gasteiger partial charge in [0.25, 0.3) is 0 Å². The second kappa shape index (κ2) is 3.34. The zero-order valence-corrected chi connectivity index (χ0v) is 6.90. The monoisotopic (exact) mass is 168 g/mol. The topological polar surface area (TPSA) is 64.9 Å². The van der Waals surface area contributed by atoms with Gasteiger partial charge in [0, 0.05) is 6.42 Å². The second-order valence-electron chi connectivity index (χ2n) is 2.01. The molecular weight excluding hydrogens is 160 g/mol. The third-order valence-corrected chi connectivity index (χ3v) is 1.60. The molecule has 0 saturated carbocycles. The number of nitrogens with zero attached hydrogens (tertiary/aromatic N) is 2. The van der Waals surface area contributed by atoms with E-state index in [0.717, 1.165) is 12.2 Å². The molecule has 4 nitrogen and oxygen atoms in total. The van der Waals surface area contributed by atoms with Gasteiger partial charge in [0.15, 0.2) is 0 Å². The minimum Gasteiger partial charge on any atom is -0.333 e. The summed E-state index contributed by atoms with van der Waals surface area (Å²) in [4.78, 5) is 6.86. The molecule has 1 rings (SSSR count). The molecule has 0 aromatic carbocycles. The molecule has 0 amide bonds. The van der Waals surface area contributed by atoms with Gasteiger partial charge in [-0.1, -0.05) is 19.1 Å². The van der Waals surface area contributed by atoms with Crippen molar-refractivity contribution in [3.8, 4) is 0 Å². The normalized spacial score (nSPS) is 9.55. The van der Waals surface area contributed by atoms with Crippen molar-refractivity contribution in [1.82, 2.24) is 9.97 Å². The van der Waals surface area contributed by atoms with E-state index >= 15 is 0 Å². The lowest BCUT2D eigenvalue weighted by Crippen LogP contribution is -1.90. The number of rotatable bonds is 2. The van der Waals surface area contributed by atoms with Crippen LogP contribution in [0, 0.1) is 10.2 Å². The molecule has 0 unspecified atom stereocenters. The van der Waals surface area contributed by atoms with Crippen LogP contribution in [-0.2, 0) is 6.42 Å². The number of aromatic amines is 1. The van der Waals surface area contributed by atoms with E-state index in [0.29, 0.717) is 10.3 Å². The van der Waals surface area contributed by atoms with Gasteiger partial charge in [-0.15, -0.1) is 0 Å². The van der Waals surface area contributed by atoms with E-state index in [-0.39, 0.29) is 0 Å². The Morgan fingerprint density at radius 3 is 3.00 bits per heavy atom. The molecule has 0 saturated heterocycles. The summed E-state index contributed by atoms with van der Waals surface area (Å²) in [6.07, 6.45) is 2.31. The Labute approximate surface area is 69.2 Å². The van der Waals surface area contributed by atoms with Crippen LogP contribution in [0.25, 0.3) is 0 Å². The lowest BCUT2D eigenvalue weighted by Gasteiger charge is -1.95. The Bertz CT molecular complexity index is 317. The maximum absolute atomic E-state index is 6.71. The van der Waals surface area contributed by atoms with E-state index in [9.17, 15) is 0 Å². The first-order chi connectivity index (χ1) is 5.27. The van der Waals surface area contributed by atoms with Gasteiger partial charge in [-0.3, -0.25) is 0 Å². The summed E-state index contributed by atoms with van der Waals surface area (Å²) in [5, 5.41) is 3.20. The summed E-state index contributed by atoms with van der Waals surface area (Å²) in [5.74, 6) is 0.822. The van der Waals surface area contributed by atoms with Crippen molar-refractivity contribution in [3.05, 3.63) is 16.7 Å². The highest BCUT2D eigenvalue weighted by atomic mass is 32.1. The number of aryl methyl sites for hydroxylation is 1. The summed E-state index contributed by atoms with van der Waals surface area (Å²) in [6, 6.07) is 0. The Morgan fingerprint density at radius 1 is 1.82 bits per heavy atom. The van der Waals surface area contributed by atoms with Gasteiger partial charge in [-0.05, 0) is 0 Å². The first kappa shape index (κ1) is 8.00. The average molecular weight is 168 g/mol. The minimum atomic E-state index is 0.414. The van der Waals surface area contributed by atoms with E-state index in [2.05, 4.69) is 15.1 Å². The number of hydrogen-bond acceptors (Lipinski definition) is 4. The molecule has 11 heavy (non-hydrogen) atoms. The van der Waals surface area contributed by atoms with Crippen LogP contribution in [0.5, 0.6) is 0 Å². The molecule has 0 spiro atoms. The largest absolute Gasteiger partial charge is 0.333 e. The predicted octanol–water partition coefficient (Wildman–Crippen LogP) is 2.36. The molecule has 1 aromatic heterocycles.